The quantitative estimate of drug-likeness (QED) is 0.898. The highest BCUT2D eigenvalue weighted by Gasteiger charge is 2.30. The molecule has 0 radical (unpaired) electrons. The summed E-state index contributed by atoms with van der Waals surface area (Å²) >= 11 is 0. The Balaban J connectivity index is 2.78. The zero-order valence-corrected chi connectivity index (χ0v) is 11.2. The number of anilines is 1. The van der Waals surface area contributed by atoms with Crippen LogP contribution in [0, 0.1) is 5.82 Å². The van der Waals surface area contributed by atoms with Crippen LogP contribution in [0.4, 0.5) is 10.3 Å². The number of nitrogens with two attached hydrogens (primary N) is 1. The number of halogens is 1. The average Bonchev–Trinajstić information content (AvgIpc) is 2.72. The fourth-order valence-corrected chi connectivity index (χ4v) is 2.81. The van der Waals surface area contributed by atoms with E-state index < -0.39 is 0 Å². The van der Waals surface area contributed by atoms with Gasteiger partial charge in [0.1, 0.15) is 5.52 Å². The van der Waals surface area contributed by atoms with Crippen molar-refractivity contribution in [2.45, 2.75) is 45.6 Å². The van der Waals surface area contributed by atoms with E-state index in [0.717, 1.165) is 24.8 Å². The van der Waals surface area contributed by atoms with E-state index in [-0.39, 0.29) is 11.4 Å². The number of aromatic nitrogens is 2. The lowest BCUT2D eigenvalue weighted by Crippen LogP contribution is -2.32. The van der Waals surface area contributed by atoms with Crippen molar-refractivity contribution in [2.75, 3.05) is 5.73 Å². The van der Waals surface area contributed by atoms with Crippen LogP contribution in [0.1, 0.15) is 40.0 Å². The van der Waals surface area contributed by atoms with Crippen LogP contribution in [-0.2, 0) is 5.54 Å². The van der Waals surface area contributed by atoms with E-state index in [1.54, 1.807) is 6.07 Å². The minimum atomic E-state index is -0.310. The predicted molar refractivity (Wildman–Crippen MR) is 73.0 cm³/mol. The van der Waals surface area contributed by atoms with Crippen molar-refractivity contribution < 1.29 is 4.39 Å². The Hall–Kier alpha value is -1.58. The van der Waals surface area contributed by atoms with E-state index in [1.807, 2.05) is 10.6 Å². The number of para-hydroxylation sites is 1. The maximum atomic E-state index is 13.7. The summed E-state index contributed by atoms with van der Waals surface area (Å²) in [7, 11) is 0. The first kappa shape index (κ1) is 12.9. The van der Waals surface area contributed by atoms with Crippen LogP contribution in [0.3, 0.4) is 0 Å². The third kappa shape index (κ3) is 1.67. The molecule has 1 aromatic heterocycles. The molecule has 0 fully saturated rings. The molecule has 2 rings (SSSR count). The molecular weight excluding hydrogens is 229 g/mol. The molecular formula is C14H20FN3. The van der Waals surface area contributed by atoms with Gasteiger partial charge in [-0.15, -0.1) is 0 Å². The highest BCUT2D eigenvalue weighted by atomic mass is 19.1. The second-order valence-electron chi connectivity index (χ2n) is 4.70. The molecule has 0 saturated carbocycles. The summed E-state index contributed by atoms with van der Waals surface area (Å²) in [5.41, 5.74) is 7.10. The Labute approximate surface area is 107 Å². The third-order valence-electron chi connectivity index (χ3n) is 4.11. The van der Waals surface area contributed by atoms with Crippen LogP contribution in [0.25, 0.3) is 11.0 Å². The van der Waals surface area contributed by atoms with Gasteiger partial charge in [0.05, 0.1) is 5.52 Å². The van der Waals surface area contributed by atoms with E-state index in [0.29, 0.717) is 11.5 Å². The maximum Gasteiger partial charge on any atom is 0.201 e. The third-order valence-corrected chi connectivity index (χ3v) is 4.11. The standard InChI is InChI=1S/C14H20FN3/c1-4-14(5-2,6-3)18-11-9-7-8-10(15)12(11)17-13(18)16/h7-9H,4-6H2,1-3H3,(H2,16,17). The summed E-state index contributed by atoms with van der Waals surface area (Å²) in [6, 6.07) is 5.02. The summed E-state index contributed by atoms with van der Waals surface area (Å²) in [5, 5.41) is 0. The SMILES string of the molecule is CCC(CC)(CC)n1c(N)nc2c(F)cccc21. The fourth-order valence-electron chi connectivity index (χ4n) is 2.81. The van der Waals surface area contributed by atoms with Gasteiger partial charge in [0.2, 0.25) is 5.95 Å². The molecule has 98 valence electrons. The van der Waals surface area contributed by atoms with Gasteiger partial charge in [-0.1, -0.05) is 26.8 Å². The average molecular weight is 249 g/mol. The van der Waals surface area contributed by atoms with Crippen molar-refractivity contribution in [3.8, 4) is 0 Å². The molecule has 0 aliphatic carbocycles. The molecule has 0 amide bonds. The van der Waals surface area contributed by atoms with Crippen LogP contribution >= 0.6 is 0 Å². The van der Waals surface area contributed by atoms with Crippen molar-refractivity contribution in [1.82, 2.24) is 9.55 Å². The normalized spacial score (nSPS) is 12.2. The zero-order chi connectivity index (χ0) is 13.3. The molecule has 0 atom stereocenters. The van der Waals surface area contributed by atoms with Gasteiger partial charge in [0.15, 0.2) is 5.82 Å². The minimum absolute atomic E-state index is 0.0768. The monoisotopic (exact) mass is 249 g/mol. The van der Waals surface area contributed by atoms with E-state index in [1.165, 1.54) is 6.07 Å². The van der Waals surface area contributed by atoms with Crippen molar-refractivity contribution >= 4 is 17.0 Å². The van der Waals surface area contributed by atoms with Gasteiger partial charge in [-0.05, 0) is 31.4 Å². The van der Waals surface area contributed by atoms with Crippen molar-refractivity contribution in [3.05, 3.63) is 24.0 Å². The lowest BCUT2D eigenvalue weighted by atomic mass is 9.89. The Morgan fingerprint density at radius 1 is 1.22 bits per heavy atom. The molecule has 1 heterocycles. The number of imidazole rings is 1. The number of fused-ring (bicyclic) bond motifs is 1. The van der Waals surface area contributed by atoms with E-state index in [9.17, 15) is 4.39 Å². The van der Waals surface area contributed by atoms with Crippen LogP contribution in [0.2, 0.25) is 0 Å². The number of rotatable bonds is 4. The first-order chi connectivity index (χ1) is 8.59. The van der Waals surface area contributed by atoms with Gasteiger partial charge in [-0.3, -0.25) is 0 Å². The molecule has 2 aromatic rings. The van der Waals surface area contributed by atoms with Crippen LogP contribution in [-0.4, -0.2) is 9.55 Å². The molecule has 0 bridgehead atoms. The topological polar surface area (TPSA) is 43.8 Å². The molecule has 2 N–H and O–H groups in total. The highest BCUT2D eigenvalue weighted by Crippen LogP contribution is 2.35. The van der Waals surface area contributed by atoms with Crippen molar-refractivity contribution in [2.24, 2.45) is 0 Å². The predicted octanol–water partition coefficient (Wildman–Crippen LogP) is 3.68. The number of nitrogen functional groups attached to an aromatic ring is 1. The number of hydrogen-bond donors (Lipinski definition) is 1. The van der Waals surface area contributed by atoms with Crippen molar-refractivity contribution in [3.63, 3.8) is 0 Å². The van der Waals surface area contributed by atoms with Gasteiger partial charge in [-0.25, -0.2) is 9.37 Å². The first-order valence-corrected chi connectivity index (χ1v) is 6.52. The minimum Gasteiger partial charge on any atom is -0.369 e. The Morgan fingerprint density at radius 3 is 2.39 bits per heavy atom. The summed E-state index contributed by atoms with van der Waals surface area (Å²) in [6.45, 7) is 6.41. The van der Waals surface area contributed by atoms with Gasteiger partial charge in [-0.2, -0.15) is 0 Å². The largest absolute Gasteiger partial charge is 0.369 e. The van der Waals surface area contributed by atoms with E-state index in [4.69, 9.17) is 5.73 Å². The van der Waals surface area contributed by atoms with Crippen LogP contribution in [0.15, 0.2) is 18.2 Å². The molecule has 4 heteroatoms. The van der Waals surface area contributed by atoms with Gasteiger partial charge in [0, 0.05) is 5.54 Å². The molecule has 3 nitrogen and oxygen atoms in total. The zero-order valence-electron chi connectivity index (χ0n) is 11.2. The van der Waals surface area contributed by atoms with Crippen molar-refractivity contribution in [1.29, 1.82) is 0 Å². The molecule has 0 unspecified atom stereocenters. The lowest BCUT2D eigenvalue weighted by Gasteiger charge is -2.33. The molecule has 18 heavy (non-hydrogen) atoms. The number of hydrogen-bond acceptors (Lipinski definition) is 2. The van der Waals surface area contributed by atoms with E-state index in [2.05, 4.69) is 25.8 Å². The van der Waals surface area contributed by atoms with Crippen LogP contribution in [0.5, 0.6) is 0 Å². The highest BCUT2D eigenvalue weighted by molar-refractivity contribution is 5.79. The second kappa shape index (κ2) is 4.59. The molecule has 0 saturated heterocycles. The van der Waals surface area contributed by atoms with Gasteiger partial charge >= 0.3 is 0 Å². The summed E-state index contributed by atoms with van der Waals surface area (Å²) in [4.78, 5) is 4.19. The molecule has 0 aliphatic heterocycles. The maximum absolute atomic E-state index is 13.7. The van der Waals surface area contributed by atoms with Crippen LogP contribution < -0.4 is 5.73 Å². The second-order valence-corrected chi connectivity index (χ2v) is 4.70. The Bertz CT molecular complexity index is 547. The lowest BCUT2D eigenvalue weighted by molar-refractivity contribution is 0.262. The smallest absolute Gasteiger partial charge is 0.201 e. The Kier molecular flexibility index (Phi) is 3.28. The Morgan fingerprint density at radius 2 is 1.83 bits per heavy atom. The summed E-state index contributed by atoms with van der Waals surface area (Å²) < 4.78 is 15.8. The number of nitrogens with zero attached hydrogens (tertiary/aromatic N) is 2. The molecule has 1 aromatic carbocycles. The van der Waals surface area contributed by atoms with Gasteiger partial charge < -0.3 is 10.3 Å². The van der Waals surface area contributed by atoms with E-state index >= 15 is 0 Å². The molecule has 0 spiro atoms. The number of benzene rings is 1. The fraction of sp³-hybridized carbons (Fsp3) is 0.500. The molecule has 0 aliphatic rings. The summed E-state index contributed by atoms with van der Waals surface area (Å²) in [6.07, 6.45) is 2.85. The first-order valence-electron chi connectivity index (χ1n) is 6.52. The van der Waals surface area contributed by atoms with Gasteiger partial charge in [0.25, 0.3) is 0 Å². The summed E-state index contributed by atoms with van der Waals surface area (Å²) in [5.74, 6) is 0.0933.